The summed E-state index contributed by atoms with van der Waals surface area (Å²) in [6.45, 7) is 5.31. The van der Waals surface area contributed by atoms with Gasteiger partial charge < -0.3 is 19.5 Å². The minimum absolute atomic E-state index is 0.00342. The van der Waals surface area contributed by atoms with Crippen molar-refractivity contribution in [3.05, 3.63) is 68.2 Å². The summed E-state index contributed by atoms with van der Waals surface area (Å²) < 4.78 is 37.2. The zero-order chi connectivity index (χ0) is 25.7. The van der Waals surface area contributed by atoms with E-state index in [2.05, 4.69) is 10.3 Å². The molecule has 0 radical (unpaired) electrons. The van der Waals surface area contributed by atoms with Gasteiger partial charge in [0.1, 0.15) is 17.2 Å². The Balaban J connectivity index is 1.84. The fourth-order valence-electron chi connectivity index (χ4n) is 4.21. The number of hydrogen-bond donors (Lipinski definition) is 1. The van der Waals surface area contributed by atoms with Gasteiger partial charge in [0.05, 0.1) is 45.0 Å². The number of hydrogen-bond acceptors (Lipinski definition) is 5. The van der Waals surface area contributed by atoms with Crippen LogP contribution in [0.4, 0.5) is 19.3 Å². The molecule has 3 aromatic rings. The third-order valence-electron chi connectivity index (χ3n) is 5.82. The van der Waals surface area contributed by atoms with Crippen LogP contribution >= 0.6 is 23.2 Å². The highest BCUT2D eigenvalue weighted by Gasteiger charge is 2.46. The Kier molecular flexibility index (Phi) is 6.44. The molecule has 0 aliphatic carbocycles. The van der Waals surface area contributed by atoms with Crippen molar-refractivity contribution < 1.29 is 18.3 Å². The number of nitrogens with one attached hydrogen (secondary N) is 1. The van der Waals surface area contributed by atoms with Gasteiger partial charge in [0.25, 0.3) is 5.56 Å². The van der Waals surface area contributed by atoms with E-state index in [9.17, 15) is 9.59 Å². The van der Waals surface area contributed by atoms with Crippen molar-refractivity contribution in [2.45, 2.75) is 38.3 Å². The molecule has 1 saturated heterocycles. The third-order valence-corrected chi connectivity index (χ3v) is 6.63. The lowest BCUT2D eigenvalue weighted by molar-refractivity contribution is 0.0286. The van der Waals surface area contributed by atoms with Crippen LogP contribution in [0.2, 0.25) is 10.0 Å². The summed E-state index contributed by atoms with van der Waals surface area (Å²) in [5.41, 5.74) is -2.36. The lowest BCUT2D eigenvalue weighted by atomic mass is 9.87. The van der Waals surface area contributed by atoms with Crippen LogP contribution in [0.1, 0.15) is 32.8 Å². The summed E-state index contributed by atoms with van der Waals surface area (Å²) in [6.07, 6.45) is 0.873. The summed E-state index contributed by atoms with van der Waals surface area (Å²) in [6, 6.07) is 4.94. The number of carbonyl (C=O) groups is 1. The Morgan fingerprint density at radius 1 is 1.20 bits per heavy atom. The second kappa shape index (κ2) is 8.95. The topological polar surface area (TPSA) is 76.5 Å². The first kappa shape index (κ1) is 25.2. The van der Waals surface area contributed by atoms with Crippen molar-refractivity contribution in [1.82, 2.24) is 14.5 Å². The van der Waals surface area contributed by atoms with Crippen LogP contribution in [-0.4, -0.2) is 39.2 Å². The first-order valence-corrected chi connectivity index (χ1v) is 11.6. The van der Waals surface area contributed by atoms with Crippen LogP contribution in [0, 0.1) is 11.6 Å². The minimum Gasteiger partial charge on any atom is -0.444 e. The van der Waals surface area contributed by atoms with E-state index in [0.29, 0.717) is 0 Å². The van der Waals surface area contributed by atoms with Gasteiger partial charge in [0.2, 0.25) is 0 Å². The van der Waals surface area contributed by atoms with Crippen molar-refractivity contribution in [1.29, 1.82) is 0 Å². The number of amides is 1. The van der Waals surface area contributed by atoms with E-state index in [4.69, 9.17) is 27.9 Å². The lowest BCUT2D eigenvalue weighted by Gasteiger charge is -2.34. The molecule has 2 aromatic carbocycles. The predicted octanol–water partition coefficient (Wildman–Crippen LogP) is 5.47. The molecule has 0 unspecified atom stereocenters. The first-order chi connectivity index (χ1) is 16.3. The molecule has 7 nitrogen and oxygen atoms in total. The highest BCUT2D eigenvalue weighted by molar-refractivity contribution is 6.42. The van der Waals surface area contributed by atoms with Crippen LogP contribution in [0.15, 0.2) is 35.4 Å². The molecule has 186 valence electrons. The molecule has 0 spiro atoms. The molecule has 1 aromatic heterocycles. The van der Waals surface area contributed by atoms with Gasteiger partial charge in [-0.05, 0) is 45.4 Å². The highest BCUT2D eigenvalue weighted by atomic mass is 35.5. The maximum Gasteiger partial charge on any atom is 0.410 e. The standard InChI is InChI=1S/C24H24Cl2F2N4O3/c1-23(2,3)35-22(34)32-8-7-24(11-32,19-15(27)6-5-14(25)20(19)26)30-18-9-13-17(10-16(18)28)29-12-31(4)21(13)33/h5-6,9-10,12,30H,7-8,11H2,1-4H3/t24-/m0/s1. The Bertz CT molecular complexity index is 1390. The van der Waals surface area contributed by atoms with Gasteiger partial charge in [-0.25, -0.2) is 18.6 Å². The number of likely N-dealkylation sites (tertiary alicyclic amines) is 1. The predicted molar refractivity (Wildman–Crippen MR) is 131 cm³/mol. The maximum atomic E-state index is 15.2. The van der Waals surface area contributed by atoms with Gasteiger partial charge >= 0.3 is 6.09 Å². The fraction of sp³-hybridized carbons (Fsp3) is 0.375. The summed E-state index contributed by atoms with van der Waals surface area (Å²) in [5.74, 6) is -1.37. The van der Waals surface area contributed by atoms with Gasteiger partial charge in [-0.2, -0.15) is 0 Å². The summed E-state index contributed by atoms with van der Waals surface area (Å²) >= 11 is 12.6. The van der Waals surface area contributed by atoms with Crippen molar-refractivity contribution in [3.8, 4) is 0 Å². The number of aryl methyl sites for hydroxylation is 1. The summed E-state index contributed by atoms with van der Waals surface area (Å²) in [4.78, 5) is 30.9. The van der Waals surface area contributed by atoms with E-state index in [-0.39, 0.29) is 57.3 Å². The zero-order valence-electron chi connectivity index (χ0n) is 19.6. The smallest absolute Gasteiger partial charge is 0.410 e. The van der Waals surface area contributed by atoms with Crippen molar-refractivity contribution in [3.63, 3.8) is 0 Å². The second-order valence-corrected chi connectivity index (χ2v) is 10.4. The molecule has 11 heteroatoms. The average Bonchev–Trinajstić information content (AvgIpc) is 3.19. The maximum absolute atomic E-state index is 15.2. The number of fused-ring (bicyclic) bond motifs is 1. The molecule has 1 fully saturated rings. The molecule has 2 heterocycles. The van der Waals surface area contributed by atoms with Crippen molar-refractivity contribution in [2.75, 3.05) is 18.4 Å². The second-order valence-electron chi connectivity index (χ2n) is 9.59. The SMILES string of the molecule is Cn1cnc2cc(F)c(N[C@@]3(c4c(F)ccc(Cl)c4Cl)CCN(C(=O)OC(C)(C)C)C3)cc2c1=O. The Hall–Kier alpha value is -2.91. The van der Waals surface area contributed by atoms with Crippen molar-refractivity contribution in [2.24, 2.45) is 7.05 Å². The number of ether oxygens (including phenoxy) is 1. The number of aromatic nitrogens is 2. The molecule has 0 saturated carbocycles. The quantitative estimate of drug-likeness (QED) is 0.460. The van der Waals surface area contributed by atoms with Crippen LogP contribution in [0.25, 0.3) is 10.9 Å². The van der Waals surface area contributed by atoms with E-state index >= 15 is 8.78 Å². The molecule has 0 bridgehead atoms. The zero-order valence-corrected chi connectivity index (χ0v) is 21.1. The van der Waals surface area contributed by atoms with Gasteiger partial charge in [0.15, 0.2) is 0 Å². The van der Waals surface area contributed by atoms with E-state index in [1.807, 2.05) is 0 Å². The van der Waals surface area contributed by atoms with Crippen LogP contribution in [-0.2, 0) is 17.3 Å². The van der Waals surface area contributed by atoms with Crippen LogP contribution < -0.4 is 10.9 Å². The number of rotatable bonds is 3. The minimum atomic E-state index is -1.36. The molecule has 1 atom stereocenters. The number of benzene rings is 2. The van der Waals surface area contributed by atoms with Gasteiger partial charge in [-0.3, -0.25) is 4.79 Å². The lowest BCUT2D eigenvalue weighted by Crippen LogP contribution is -2.42. The molecule has 4 rings (SSSR count). The fourth-order valence-corrected chi connectivity index (χ4v) is 4.70. The molecular weight excluding hydrogens is 501 g/mol. The van der Waals surface area contributed by atoms with Gasteiger partial charge in [-0.1, -0.05) is 23.2 Å². The molecule has 1 aliphatic rings. The Morgan fingerprint density at radius 3 is 2.60 bits per heavy atom. The third kappa shape index (κ3) is 4.79. The monoisotopic (exact) mass is 524 g/mol. The van der Waals surface area contributed by atoms with E-state index in [1.165, 1.54) is 41.0 Å². The molecule has 1 amide bonds. The summed E-state index contributed by atoms with van der Waals surface area (Å²) in [5, 5.41) is 3.28. The van der Waals surface area contributed by atoms with Gasteiger partial charge in [0, 0.05) is 25.2 Å². The van der Waals surface area contributed by atoms with Crippen LogP contribution in [0.3, 0.4) is 0 Å². The normalized spacial score (nSPS) is 18.2. The highest BCUT2D eigenvalue weighted by Crippen LogP contribution is 2.43. The molecular formula is C24H24Cl2F2N4O3. The van der Waals surface area contributed by atoms with E-state index in [1.54, 1.807) is 20.8 Å². The average molecular weight is 525 g/mol. The molecule has 1 N–H and O–H groups in total. The summed E-state index contributed by atoms with van der Waals surface area (Å²) in [7, 11) is 1.53. The van der Waals surface area contributed by atoms with E-state index < -0.39 is 28.9 Å². The van der Waals surface area contributed by atoms with Gasteiger partial charge in [-0.15, -0.1) is 0 Å². The first-order valence-electron chi connectivity index (χ1n) is 10.9. The largest absolute Gasteiger partial charge is 0.444 e. The number of carbonyl (C=O) groups excluding carboxylic acids is 1. The molecule has 35 heavy (non-hydrogen) atoms. The molecule has 1 aliphatic heterocycles. The van der Waals surface area contributed by atoms with E-state index in [0.717, 1.165) is 6.07 Å². The van der Waals surface area contributed by atoms with Crippen molar-refractivity contribution >= 4 is 45.9 Å². The number of halogens is 4. The van der Waals surface area contributed by atoms with Crippen LogP contribution in [0.5, 0.6) is 0 Å². The Labute approximate surface area is 210 Å². The number of anilines is 1. The Morgan fingerprint density at radius 2 is 1.91 bits per heavy atom. The number of nitrogens with zero attached hydrogens (tertiary/aromatic N) is 3.